The molecule has 7 heteroatoms. The predicted octanol–water partition coefficient (Wildman–Crippen LogP) is 1.46. The number of carbonyl (C=O) groups excluding carboxylic acids is 3. The monoisotopic (exact) mass is 316 g/mol. The first-order valence-electron chi connectivity index (χ1n) is 7.14. The fraction of sp³-hybridized carbons (Fsp3) is 0.533. The van der Waals surface area contributed by atoms with E-state index in [1.165, 1.54) is 13.2 Å². The molecule has 0 spiro atoms. The Kier molecular flexibility index (Phi) is 11.1. The second kappa shape index (κ2) is 12.4. The molecule has 0 saturated heterocycles. The van der Waals surface area contributed by atoms with E-state index in [9.17, 15) is 19.5 Å². The van der Waals surface area contributed by atoms with Crippen molar-refractivity contribution >= 4 is 17.8 Å². The van der Waals surface area contributed by atoms with Crippen molar-refractivity contribution < 1.29 is 27.1 Å². The van der Waals surface area contributed by atoms with Gasteiger partial charge in [0.2, 0.25) is 5.91 Å². The number of hydrogen-bond donors (Lipinski definition) is 3. The van der Waals surface area contributed by atoms with Gasteiger partial charge in [0.25, 0.3) is 5.91 Å². The average Bonchev–Trinajstić information content (AvgIpc) is 2.51. The largest absolute Gasteiger partial charge is 0.503 e. The van der Waals surface area contributed by atoms with E-state index in [1.54, 1.807) is 0 Å². The lowest BCUT2D eigenvalue weighted by Crippen LogP contribution is -2.37. The number of amides is 2. The maximum Gasteiger partial charge on any atom is 0.305 e. The SMILES string of the molecule is C=C/C=C(\O)C(=O)NCC(=O)NCCCCCCC(=O)OC.[HH].[HH]. The average molecular weight is 316 g/mol. The number of ether oxygens (including phenoxy) is 1. The molecule has 3 N–H and O–H groups in total. The summed E-state index contributed by atoms with van der Waals surface area (Å²) in [6.45, 7) is 3.65. The van der Waals surface area contributed by atoms with Crippen molar-refractivity contribution in [1.82, 2.24) is 10.6 Å². The predicted molar refractivity (Wildman–Crippen MR) is 86.3 cm³/mol. The molecule has 0 unspecified atom stereocenters. The van der Waals surface area contributed by atoms with Gasteiger partial charge in [-0.1, -0.05) is 25.5 Å². The molecular formula is C15H28N2O5. The standard InChI is InChI=1S/C15H24N2O5.2H2/c1-3-8-12(18)15(21)17-11-13(19)16-10-7-5-4-6-9-14(20)22-2;;/h3,8,18H,1,4-7,9-11H2,2H3,(H,16,19)(H,17,21);2*1H/b12-8-;;. The summed E-state index contributed by atoms with van der Waals surface area (Å²) in [6, 6.07) is 0. The third-order valence-electron chi connectivity index (χ3n) is 2.78. The first-order chi connectivity index (χ1) is 10.5. The molecule has 0 saturated carbocycles. The quantitative estimate of drug-likeness (QED) is 0.176. The van der Waals surface area contributed by atoms with Crippen molar-refractivity contribution in [2.45, 2.75) is 32.1 Å². The molecule has 0 aliphatic heterocycles. The van der Waals surface area contributed by atoms with Crippen LogP contribution in [0.15, 0.2) is 24.5 Å². The number of esters is 1. The minimum absolute atomic E-state index is 0. The van der Waals surface area contributed by atoms with Gasteiger partial charge in [-0.2, -0.15) is 0 Å². The smallest absolute Gasteiger partial charge is 0.305 e. The van der Waals surface area contributed by atoms with Gasteiger partial charge in [0, 0.05) is 15.8 Å². The number of hydrogen-bond acceptors (Lipinski definition) is 5. The summed E-state index contributed by atoms with van der Waals surface area (Å²) in [6.07, 6.45) is 6.18. The van der Waals surface area contributed by atoms with E-state index in [0.29, 0.717) is 13.0 Å². The molecular weight excluding hydrogens is 288 g/mol. The van der Waals surface area contributed by atoms with Gasteiger partial charge in [0.15, 0.2) is 5.76 Å². The van der Waals surface area contributed by atoms with Crippen molar-refractivity contribution in [2.75, 3.05) is 20.2 Å². The maximum atomic E-state index is 11.4. The molecule has 0 rings (SSSR count). The lowest BCUT2D eigenvalue weighted by Gasteiger charge is -2.06. The van der Waals surface area contributed by atoms with Crippen LogP contribution in [-0.4, -0.2) is 43.1 Å². The normalized spacial score (nSPS) is 10.7. The maximum absolute atomic E-state index is 11.4. The number of methoxy groups -OCH3 is 1. The molecule has 0 fully saturated rings. The summed E-state index contributed by atoms with van der Waals surface area (Å²) in [7, 11) is 1.36. The lowest BCUT2D eigenvalue weighted by molar-refractivity contribution is -0.140. The van der Waals surface area contributed by atoms with Crippen LogP contribution >= 0.6 is 0 Å². The van der Waals surface area contributed by atoms with Crippen LogP contribution in [0.3, 0.4) is 0 Å². The van der Waals surface area contributed by atoms with E-state index in [0.717, 1.165) is 31.8 Å². The molecule has 0 aromatic rings. The number of aliphatic hydroxyl groups excluding tert-OH is 1. The third-order valence-corrected chi connectivity index (χ3v) is 2.78. The molecule has 0 atom stereocenters. The fourth-order valence-electron chi connectivity index (χ4n) is 1.58. The van der Waals surface area contributed by atoms with Gasteiger partial charge in [-0.15, -0.1) is 0 Å². The topological polar surface area (TPSA) is 105 Å². The minimum atomic E-state index is -0.724. The molecule has 0 radical (unpaired) electrons. The summed E-state index contributed by atoms with van der Waals surface area (Å²) in [5.74, 6) is -1.75. The van der Waals surface area contributed by atoms with Crippen LogP contribution in [0.4, 0.5) is 0 Å². The Morgan fingerprint density at radius 1 is 1.18 bits per heavy atom. The van der Waals surface area contributed by atoms with Crippen molar-refractivity contribution in [3.63, 3.8) is 0 Å². The molecule has 0 aromatic heterocycles. The first-order valence-corrected chi connectivity index (χ1v) is 7.14. The zero-order chi connectivity index (χ0) is 16.8. The molecule has 0 aliphatic rings. The number of carbonyl (C=O) groups is 3. The van der Waals surface area contributed by atoms with Gasteiger partial charge < -0.3 is 20.5 Å². The van der Waals surface area contributed by atoms with Gasteiger partial charge in [-0.05, 0) is 18.9 Å². The van der Waals surface area contributed by atoms with Crippen molar-refractivity contribution in [3.05, 3.63) is 24.5 Å². The Morgan fingerprint density at radius 3 is 2.50 bits per heavy atom. The van der Waals surface area contributed by atoms with Crippen molar-refractivity contribution in [3.8, 4) is 0 Å². The Morgan fingerprint density at radius 2 is 1.86 bits per heavy atom. The summed E-state index contributed by atoms with van der Waals surface area (Å²) in [5, 5.41) is 14.1. The number of rotatable bonds is 11. The molecule has 0 aliphatic carbocycles. The van der Waals surface area contributed by atoms with Crippen molar-refractivity contribution in [1.29, 1.82) is 0 Å². The van der Waals surface area contributed by atoms with E-state index in [-0.39, 0.29) is 21.3 Å². The summed E-state index contributed by atoms with van der Waals surface area (Å²) in [5.41, 5.74) is 0. The molecule has 0 heterocycles. The van der Waals surface area contributed by atoms with E-state index in [4.69, 9.17) is 0 Å². The van der Waals surface area contributed by atoms with Crippen LogP contribution in [0.1, 0.15) is 35.0 Å². The Balaban J connectivity index is -0.00000220. The number of unbranched alkanes of at least 4 members (excludes halogenated alkanes) is 3. The molecule has 22 heavy (non-hydrogen) atoms. The van der Waals surface area contributed by atoms with Crippen LogP contribution < -0.4 is 10.6 Å². The molecule has 7 nitrogen and oxygen atoms in total. The van der Waals surface area contributed by atoms with Crippen LogP contribution in [0.2, 0.25) is 0 Å². The van der Waals surface area contributed by atoms with Crippen LogP contribution in [0.25, 0.3) is 0 Å². The van der Waals surface area contributed by atoms with Crippen LogP contribution in [0, 0.1) is 0 Å². The zero-order valence-electron chi connectivity index (χ0n) is 12.9. The second-order valence-corrected chi connectivity index (χ2v) is 4.56. The summed E-state index contributed by atoms with van der Waals surface area (Å²) in [4.78, 5) is 33.6. The third kappa shape index (κ3) is 10.5. The molecule has 2 amide bonds. The highest BCUT2D eigenvalue weighted by molar-refractivity contribution is 5.93. The van der Waals surface area contributed by atoms with Crippen LogP contribution in [0.5, 0.6) is 0 Å². The van der Waals surface area contributed by atoms with Gasteiger partial charge in [0.1, 0.15) is 0 Å². The Bertz CT molecular complexity index is 428. The van der Waals surface area contributed by atoms with Gasteiger partial charge in [-0.25, -0.2) is 0 Å². The van der Waals surface area contributed by atoms with E-state index >= 15 is 0 Å². The molecule has 0 aromatic carbocycles. The highest BCUT2D eigenvalue weighted by atomic mass is 16.5. The zero-order valence-corrected chi connectivity index (χ0v) is 12.9. The van der Waals surface area contributed by atoms with E-state index < -0.39 is 11.7 Å². The number of aliphatic hydroxyl groups is 1. The second-order valence-electron chi connectivity index (χ2n) is 4.56. The molecule has 128 valence electrons. The minimum Gasteiger partial charge on any atom is -0.503 e. The summed E-state index contributed by atoms with van der Waals surface area (Å²) < 4.78 is 4.53. The van der Waals surface area contributed by atoms with Gasteiger partial charge in [-0.3, -0.25) is 14.4 Å². The first kappa shape index (κ1) is 19.7. The van der Waals surface area contributed by atoms with E-state index in [2.05, 4.69) is 21.9 Å². The highest BCUT2D eigenvalue weighted by Gasteiger charge is 2.08. The number of allylic oxidation sites excluding steroid dienone is 2. The van der Waals surface area contributed by atoms with E-state index in [1.807, 2.05) is 0 Å². The van der Waals surface area contributed by atoms with Gasteiger partial charge in [0.05, 0.1) is 13.7 Å². The summed E-state index contributed by atoms with van der Waals surface area (Å²) >= 11 is 0. The molecule has 0 bridgehead atoms. The fourth-order valence-corrected chi connectivity index (χ4v) is 1.58. The van der Waals surface area contributed by atoms with Gasteiger partial charge >= 0.3 is 5.97 Å². The van der Waals surface area contributed by atoms with Crippen molar-refractivity contribution in [2.24, 2.45) is 0 Å². The van der Waals surface area contributed by atoms with Crippen LogP contribution in [-0.2, 0) is 19.1 Å². The lowest BCUT2D eigenvalue weighted by atomic mass is 10.1. The Hall–Kier alpha value is -2.31. The number of nitrogens with one attached hydrogen (secondary N) is 2. The Labute approximate surface area is 133 Å². The highest BCUT2D eigenvalue weighted by Crippen LogP contribution is 2.03.